The fourth-order valence-electron chi connectivity index (χ4n) is 1.49. The van der Waals surface area contributed by atoms with Crippen LogP contribution in [0.3, 0.4) is 0 Å². The summed E-state index contributed by atoms with van der Waals surface area (Å²) in [6.45, 7) is 6.02. The molecule has 0 aliphatic rings. The van der Waals surface area contributed by atoms with E-state index in [0.29, 0.717) is 4.90 Å². The van der Waals surface area contributed by atoms with Crippen LogP contribution in [0, 0.1) is 0 Å². The van der Waals surface area contributed by atoms with Gasteiger partial charge in [0, 0.05) is 12.7 Å². The number of benzene rings is 1. The highest BCUT2D eigenvalue weighted by atomic mass is 19.4. The number of halogens is 3. The lowest BCUT2D eigenvalue weighted by atomic mass is 9.87. The van der Waals surface area contributed by atoms with E-state index < -0.39 is 12.1 Å². The first-order chi connectivity index (χ1) is 8.03. The van der Waals surface area contributed by atoms with Crippen molar-refractivity contribution in [3.8, 4) is 0 Å². The molecular weight excluding hydrogens is 243 g/mol. The molecule has 1 amide bonds. The molecule has 0 heterocycles. The highest BCUT2D eigenvalue weighted by Gasteiger charge is 2.41. The minimum atomic E-state index is -4.85. The van der Waals surface area contributed by atoms with Crippen molar-refractivity contribution in [1.29, 1.82) is 0 Å². The zero-order valence-corrected chi connectivity index (χ0v) is 10.8. The van der Waals surface area contributed by atoms with Gasteiger partial charge < -0.3 is 4.90 Å². The minimum Gasteiger partial charge on any atom is -0.308 e. The molecule has 0 unspecified atom stereocenters. The number of amides is 1. The van der Waals surface area contributed by atoms with Crippen molar-refractivity contribution in [2.24, 2.45) is 0 Å². The van der Waals surface area contributed by atoms with Gasteiger partial charge in [0.25, 0.3) is 0 Å². The number of hydrogen-bond donors (Lipinski definition) is 0. The van der Waals surface area contributed by atoms with Crippen LogP contribution in [-0.2, 0) is 10.2 Å². The molecular formula is C13H16F3NO. The lowest BCUT2D eigenvalue weighted by molar-refractivity contribution is -0.170. The summed E-state index contributed by atoms with van der Waals surface area (Å²) in [5, 5.41) is 0. The van der Waals surface area contributed by atoms with E-state index in [1.54, 1.807) is 12.1 Å². The summed E-state index contributed by atoms with van der Waals surface area (Å²) < 4.78 is 36.8. The lowest BCUT2D eigenvalue weighted by Crippen LogP contribution is -2.38. The number of carbonyl (C=O) groups excluding carboxylic acids is 1. The van der Waals surface area contributed by atoms with Crippen LogP contribution in [0.2, 0.25) is 0 Å². The molecule has 0 aromatic heterocycles. The molecule has 0 spiro atoms. The number of carbonyl (C=O) groups is 1. The molecule has 0 saturated heterocycles. The first-order valence-corrected chi connectivity index (χ1v) is 5.49. The van der Waals surface area contributed by atoms with E-state index in [9.17, 15) is 18.0 Å². The molecule has 0 radical (unpaired) electrons. The van der Waals surface area contributed by atoms with Crippen molar-refractivity contribution in [3.05, 3.63) is 29.8 Å². The number of rotatable bonds is 1. The van der Waals surface area contributed by atoms with Gasteiger partial charge in [-0.2, -0.15) is 13.2 Å². The van der Waals surface area contributed by atoms with Crippen LogP contribution in [0.5, 0.6) is 0 Å². The molecule has 18 heavy (non-hydrogen) atoms. The Morgan fingerprint density at radius 1 is 1.06 bits per heavy atom. The van der Waals surface area contributed by atoms with Crippen LogP contribution in [-0.4, -0.2) is 19.1 Å². The molecule has 0 aliphatic heterocycles. The lowest BCUT2D eigenvalue weighted by Gasteiger charge is -2.22. The Kier molecular flexibility index (Phi) is 3.74. The minimum absolute atomic E-state index is 0.0782. The molecule has 0 atom stereocenters. The Morgan fingerprint density at radius 2 is 1.50 bits per heavy atom. The average Bonchev–Trinajstić information content (AvgIpc) is 2.25. The fourth-order valence-corrected chi connectivity index (χ4v) is 1.49. The van der Waals surface area contributed by atoms with Crippen molar-refractivity contribution < 1.29 is 18.0 Å². The molecule has 0 bridgehead atoms. The molecule has 5 heteroatoms. The average molecular weight is 259 g/mol. The van der Waals surface area contributed by atoms with E-state index in [-0.39, 0.29) is 11.1 Å². The third kappa shape index (κ3) is 3.24. The van der Waals surface area contributed by atoms with Crippen molar-refractivity contribution in [2.45, 2.75) is 32.4 Å². The van der Waals surface area contributed by atoms with E-state index in [1.807, 2.05) is 20.8 Å². The Hall–Kier alpha value is -1.52. The van der Waals surface area contributed by atoms with Crippen LogP contribution in [0.1, 0.15) is 26.3 Å². The zero-order valence-electron chi connectivity index (χ0n) is 10.8. The largest absolute Gasteiger partial charge is 0.471 e. The third-order valence-electron chi connectivity index (χ3n) is 2.67. The van der Waals surface area contributed by atoms with Gasteiger partial charge in [-0.3, -0.25) is 4.79 Å². The van der Waals surface area contributed by atoms with Crippen molar-refractivity contribution in [3.63, 3.8) is 0 Å². The Labute approximate surface area is 104 Å². The molecule has 0 aliphatic carbocycles. The van der Waals surface area contributed by atoms with Gasteiger partial charge in [-0.25, -0.2) is 0 Å². The zero-order chi connectivity index (χ0) is 14.1. The maximum absolute atomic E-state index is 12.3. The van der Waals surface area contributed by atoms with Crippen LogP contribution < -0.4 is 4.90 Å². The quantitative estimate of drug-likeness (QED) is 0.755. The van der Waals surface area contributed by atoms with Crippen molar-refractivity contribution in [2.75, 3.05) is 11.9 Å². The van der Waals surface area contributed by atoms with E-state index in [0.717, 1.165) is 12.6 Å². The molecule has 0 fully saturated rings. The Bertz CT molecular complexity index is 429. The topological polar surface area (TPSA) is 20.3 Å². The highest BCUT2D eigenvalue weighted by molar-refractivity contribution is 5.96. The van der Waals surface area contributed by atoms with E-state index in [4.69, 9.17) is 0 Å². The number of alkyl halides is 3. The number of hydrogen-bond acceptors (Lipinski definition) is 1. The number of nitrogens with zero attached hydrogens (tertiary/aromatic N) is 1. The summed E-state index contributed by atoms with van der Waals surface area (Å²) in [6, 6.07) is 6.50. The first kappa shape index (κ1) is 14.5. The summed E-state index contributed by atoms with van der Waals surface area (Å²) in [7, 11) is 1.11. The highest BCUT2D eigenvalue weighted by Crippen LogP contribution is 2.26. The molecule has 1 aromatic rings. The molecule has 1 aromatic carbocycles. The van der Waals surface area contributed by atoms with Gasteiger partial charge in [0.05, 0.1) is 0 Å². The van der Waals surface area contributed by atoms with Crippen molar-refractivity contribution >= 4 is 11.6 Å². The second-order valence-electron chi connectivity index (χ2n) is 5.16. The van der Waals surface area contributed by atoms with Gasteiger partial charge >= 0.3 is 12.1 Å². The second-order valence-corrected chi connectivity index (χ2v) is 5.16. The van der Waals surface area contributed by atoms with E-state index in [2.05, 4.69) is 0 Å². The molecule has 0 saturated carbocycles. The predicted octanol–water partition coefficient (Wildman–Crippen LogP) is 3.51. The summed E-state index contributed by atoms with van der Waals surface area (Å²) in [6.07, 6.45) is -4.85. The van der Waals surface area contributed by atoms with Gasteiger partial charge in [-0.15, -0.1) is 0 Å². The molecule has 2 nitrogen and oxygen atoms in total. The van der Waals surface area contributed by atoms with Crippen molar-refractivity contribution in [1.82, 2.24) is 0 Å². The SMILES string of the molecule is CN(C(=O)C(F)(F)F)c1ccc(C(C)(C)C)cc1. The summed E-state index contributed by atoms with van der Waals surface area (Å²) >= 11 is 0. The van der Waals surface area contributed by atoms with E-state index >= 15 is 0 Å². The van der Waals surface area contributed by atoms with Gasteiger partial charge in [0.15, 0.2) is 0 Å². The second kappa shape index (κ2) is 4.63. The first-order valence-electron chi connectivity index (χ1n) is 5.49. The molecule has 0 N–H and O–H groups in total. The van der Waals surface area contributed by atoms with Crippen LogP contribution in [0.4, 0.5) is 18.9 Å². The van der Waals surface area contributed by atoms with E-state index in [1.165, 1.54) is 12.1 Å². The van der Waals surface area contributed by atoms with Crippen LogP contribution >= 0.6 is 0 Å². The smallest absolute Gasteiger partial charge is 0.308 e. The summed E-state index contributed by atoms with van der Waals surface area (Å²) in [5.41, 5.74) is 1.15. The monoisotopic (exact) mass is 259 g/mol. The predicted molar refractivity (Wildman–Crippen MR) is 64.6 cm³/mol. The Morgan fingerprint density at radius 3 is 1.83 bits per heavy atom. The van der Waals surface area contributed by atoms with Crippen LogP contribution in [0.25, 0.3) is 0 Å². The third-order valence-corrected chi connectivity index (χ3v) is 2.67. The van der Waals surface area contributed by atoms with Crippen LogP contribution in [0.15, 0.2) is 24.3 Å². The number of anilines is 1. The maximum Gasteiger partial charge on any atom is 0.471 e. The maximum atomic E-state index is 12.3. The fraction of sp³-hybridized carbons (Fsp3) is 0.462. The van der Waals surface area contributed by atoms with Gasteiger partial charge in [0.2, 0.25) is 0 Å². The Balaban J connectivity index is 2.96. The molecule has 100 valence electrons. The van der Waals surface area contributed by atoms with Gasteiger partial charge in [-0.1, -0.05) is 32.9 Å². The van der Waals surface area contributed by atoms with Gasteiger partial charge in [0.1, 0.15) is 0 Å². The summed E-state index contributed by atoms with van der Waals surface area (Å²) in [4.78, 5) is 11.7. The molecule has 1 rings (SSSR count). The summed E-state index contributed by atoms with van der Waals surface area (Å²) in [5.74, 6) is -1.87. The standard InChI is InChI=1S/C13H16F3NO/c1-12(2,3)9-5-7-10(8-6-9)17(4)11(18)13(14,15)16/h5-8H,1-4H3. The van der Waals surface area contributed by atoms with Gasteiger partial charge in [-0.05, 0) is 23.1 Å². The normalized spacial score (nSPS) is 12.4.